The predicted molar refractivity (Wildman–Crippen MR) is 79.5 cm³/mol. The van der Waals surface area contributed by atoms with Crippen molar-refractivity contribution in [2.45, 2.75) is 64.8 Å². The molecule has 0 spiro atoms. The number of rotatable bonds is 5. The Morgan fingerprint density at radius 2 is 2.26 bits per heavy atom. The fourth-order valence-electron chi connectivity index (χ4n) is 2.27. The van der Waals surface area contributed by atoms with E-state index in [-0.39, 0.29) is 11.3 Å². The number of hydrogen-bond donors (Lipinski definition) is 1. The van der Waals surface area contributed by atoms with Crippen molar-refractivity contribution in [2.24, 2.45) is 5.92 Å². The maximum Gasteiger partial charge on any atom is 0.226 e. The predicted octanol–water partition coefficient (Wildman–Crippen LogP) is 3.29. The van der Waals surface area contributed by atoms with E-state index in [1.807, 2.05) is 5.38 Å². The molecule has 1 amide bonds. The Morgan fingerprint density at radius 1 is 1.53 bits per heavy atom. The molecule has 1 fully saturated rings. The summed E-state index contributed by atoms with van der Waals surface area (Å²) in [4.78, 5) is 16.5. The van der Waals surface area contributed by atoms with E-state index in [4.69, 9.17) is 0 Å². The average molecular weight is 280 g/mol. The van der Waals surface area contributed by atoms with Crippen LogP contribution in [0.4, 0.5) is 0 Å². The number of aromatic nitrogens is 1. The van der Waals surface area contributed by atoms with Crippen LogP contribution in [-0.2, 0) is 16.6 Å². The van der Waals surface area contributed by atoms with Gasteiger partial charge in [-0.15, -0.1) is 11.3 Å². The highest BCUT2D eigenvalue weighted by atomic mass is 32.1. The van der Waals surface area contributed by atoms with Gasteiger partial charge in [0.25, 0.3) is 0 Å². The molecule has 0 saturated heterocycles. The molecular formula is C15H24N2OS. The van der Waals surface area contributed by atoms with Crippen LogP contribution in [0.25, 0.3) is 0 Å². The summed E-state index contributed by atoms with van der Waals surface area (Å²) < 4.78 is 0. The summed E-state index contributed by atoms with van der Waals surface area (Å²) in [7, 11) is 0. The SMILES string of the molecule is CCC[C@@H]1C[C@@H]1NC(=O)Cc1csc(C(C)(C)C)n1. The van der Waals surface area contributed by atoms with Crippen LogP contribution in [0.15, 0.2) is 5.38 Å². The van der Waals surface area contributed by atoms with E-state index in [1.165, 1.54) is 12.8 Å². The normalized spacial score (nSPS) is 22.3. The third kappa shape index (κ3) is 4.03. The topological polar surface area (TPSA) is 42.0 Å². The number of nitrogens with zero attached hydrogens (tertiary/aromatic N) is 1. The van der Waals surface area contributed by atoms with Crippen LogP contribution in [0.3, 0.4) is 0 Å². The van der Waals surface area contributed by atoms with Crippen LogP contribution in [0.1, 0.15) is 57.7 Å². The summed E-state index contributed by atoms with van der Waals surface area (Å²) in [6, 6.07) is 0.424. The summed E-state index contributed by atoms with van der Waals surface area (Å²) in [6.07, 6.45) is 4.01. The molecule has 1 aliphatic rings. The van der Waals surface area contributed by atoms with Crippen molar-refractivity contribution in [3.05, 3.63) is 16.1 Å². The molecule has 2 atom stereocenters. The lowest BCUT2D eigenvalue weighted by Crippen LogP contribution is -2.28. The van der Waals surface area contributed by atoms with Gasteiger partial charge >= 0.3 is 0 Å². The van der Waals surface area contributed by atoms with Gasteiger partial charge in [-0.2, -0.15) is 0 Å². The highest BCUT2D eigenvalue weighted by Gasteiger charge is 2.37. The lowest BCUT2D eigenvalue weighted by atomic mass is 9.98. The zero-order valence-electron chi connectivity index (χ0n) is 12.3. The van der Waals surface area contributed by atoms with Crippen LogP contribution in [0, 0.1) is 5.92 Å². The second kappa shape index (κ2) is 5.61. The van der Waals surface area contributed by atoms with E-state index >= 15 is 0 Å². The van der Waals surface area contributed by atoms with Gasteiger partial charge in [-0.25, -0.2) is 4.98 Å². The van der Waals surface area contributed by atoms with E-state index in [2.05, 4.69) is 38.0 Å². The third-order valence-corrected chi connectivity index (χ3v) is 4.78. The summed E-state index contributed by atoms with van der Waals surface area (Å²) >= 11 is 1.65. The number of carbonyl (C=O) groups is 1. The zero-order chi connectivity index (χ0) is 14.0. The number of amides is 1. The Labute approximate surface area is 119 Å². The van der Waals surface area contributed by atoms with Gasteiger partial charge < -0.3 is 5.32 Å². The molecular weight excluding hydrogens is 256 g/mol. The molecule has 4 heteroatoms. The summed E-state index contributed by atoms with van der Waals surface area (Å²) in [5.41, 5.74) is 0.974. The third-order valence-electron chi connectivity index (χ3n) is 3.46. The highest BCUT2D eigenvalue weighted by Crippen LogP contribution is 2.34. The standard InChI is InChI=1S/C15H24N2OS/c1-5-6-10-7-12(10)17-13(18)8-11-9-19-14(16-11)15(2,3)4/h9-10,12H,5-8H2,1-4H3,(H,17,18)/t10-,12+/m1/s1. The molecule has 1 aromatic heterocycles. The van der Waals surface area contributed by atoms with E-state index in [0.717, 1.165) is 23.0 Å². The number of thiazole rings is 1. The van der Waals surface area contributed by atoms with Crippen molar-refractivity contribution in [2.75, 3.05) is 0 Å². The molecule has 0 aromatic carbocycles. The Bertz CT molecular complexity index is 447. The molecule has 106 valence electrons. The first kappa shape index (κ1) is 14.5. The Morgan fingerprint density at radius 3 is 2.84 bits per heavy atom. The number of nitrogens with one attached hydrogen (secondary N) is 1. The number of hydrogen-bond acceptors (Lipinski definition) is 3. The van der Waals surface area contributed by atoms with Crippen LogP contribution >= 0.6 is 11.3 Å². The molecule has 0 aliphatic heterocycles. The first-order valence-electron chi connectivity index (χ1n) is 7.14. The summed E-state index contributed by atoms with van der Waals surface area (Å²) in [6.45, 7) is 8.64. The first-order chi connectivity index (χ1) is 8.90. The van der Waals surface area contributed by atoms with Crippen molar-refractivity contribution in [1.29, 1.82) is 0 Å². The molecule has 0 radical (unpaired) electrons. The second-order valence-electron chi connectivity index (χ2n) is 6.53. The van der Waals surface area contributed by atoms with Gasteiger partial charge in [-0.05, 0) is 18.8 Å². The van der Waals surface area contributed by atoms with Crippen molar-refractivity contribution >= 4 is 17.2 Å². The maximum absolute atomic E-state index is 11.9. The largest absolute Gasteiger partial charge is 0.353 e. The van der Waals surface area contributed by atoms with Crippen molar-refractivity contribution < 1.29 is 4.79 Å². The lowest BCUT2D eigenvalue weighted by molar-refractivity contribution is -0.120. The second-order valence-corrected chi connectivity index (χ2v) is 7.39. The smallest absolute Gasteiger partial charge is 0.226 e. The van der Waals surface area contributed by atoms with Gasteiger partial charge in [-0.1, -0.05) is 34.1 Å². The first-order valence-corrected chi connectivity index (χ1v) is 8.02. The molecule has 1 aliphatic carbocycles. The van der Waals surface area contributed by atoms with Crippen LogP contribution in [0.5, 0.6) is 0 Å². The minimum Gasteiger partial charge on any atom is -0.353 e. The maximum atomic E-state index is 11.9. The molecule has 3 nitrogen and oxygen atoms in total. The lowest BCUT2D eigenvalue weighted by Gasteiger charge is -2.13. The van der Waals surface area contributed by atoms with E-state index in [0.29, 0.717) is 12.5 Å². The minimum atomic E-state index is 0.0715. The van der Waals surface area contributed by atoms with E-state index < -0.39 is 0 Å². The average Bonchev–Trinajstić information content (AvgIpc) is 2.84. The van der Waals surface area contributed by atoms with Gasteiger partial charge in [0.2, 0.25) is 5.91 Å². The Balaban J connectivity index is 1.81. The van der Waals surface area contributed by atoms with Crippen molar-refractivity contribution in [1.82, 2.24) is 10.3 Å². The van der Waals surface area contributed by atoms with Gasteiger partial charge in [0.05, 0.1) is 17.1 Å². The molecule has 0 bridgehead atoms. The van der Waals surface area contributed by atoms with Crippen LogP contribution < -0.4 is 5.32 Å². The molecule has 1 aromatic rings. The molecule has 19 heavy (non-hydrogen) atoms. The van der Waals surface area contributed by atoms with Gasteiger partial charge in [-0.3, -0.25) is 4.79 Å². The fourth-order valence-corrected chi connectivity index (χ4v) is 3.18. The molecule has 1 saturated carbocycles. The monoisotopic (exact) mass is 280 g/mol. The molecule has 2 rings (SSSR count). The molecule has 0 unspecified atom stereocenters. The Kier molecular flexibility index (Phi) is 4.29. The quantitative estimate of drug-likeness (QED) is 0.899. The van der Waals surface area contributed by atoms with Crippen molar-refractivity contribution in [3.8, 4) is 0 Å². The summed E-state index contributed by atoms with van der Waals surface area (Å²) in [5.74, 6) is 0.837. The highest BCUT2D eigenvalue weighted by molar-refractivity contribution is 7.09. The van der Waals surface area contributed by atoms with Crippen molar-refractivity contribution in [3.63, 3.8) is 0 Å². The van der Waals surface area contributed by atoms with E-state index in [1.54, 1.807) is 11.3 Å². The molecule has 1 N–H and O–H groups in total. The zero-order valence-corrected chi connectivity index (χ0v) is 13.1. The van der Waals surface area contributed by atoms with Gasteiger partial charge in [0.1, 0.15) is 0 Å². The van der Waals surface area contributed by atoms with Crippen LogP contribution in [0.2, 0.25) is 0 Å². The molecule has 1 heterocycles. The number of carbonyl (C=O) groups excluding carboxylic acids is 1. The summed E-state index contributed by atoms with van der Waals surface area (Å²) in [5, 5.41) is 6.22. The van der Waals surface area contributed by atoms with Gasteiger partial charge in [0.15, 0.2) is 0 Å². The van der Waals surface area contributed by atoms with E-state index in [9.17, 15) is 4.79 Å². The van der Waals surface area contributed by atoms with Gasteiger partial charge in [0, 0.05) is 16.8 Å². The van der Waals surface area contributed by atoms with Crippen LogP contribution in [-0.4, -0.2) is 16.9 Å². The Hall–Kier alpha value is -0.900. The fraction of sp³-hybridized carbons (Fsp3) is 0.733. The minimum absolute atomic E-state index is 0.0715.